The minimum Gasteiger partial charge on any atom is -0.489 e. The van der Waals surface area contributed by atoms with Crippen molar-refractivity contribution in [2.45, 2.75) is 6.54 Å². The number of nitrogens with zero attached hydrogens (tertiary/aromatic N) is 2. The second-order valence-electron chi connectivity index (χ2n) is 3.19. The van der Waals surface area contributed by atoms with Crippen molar-refractivity contribution in [2.75, 3.05) is 6.61 Å². The van der Waals surface area contributed by atoms with Gasteiger partial charge in [-0.15, -0.1) is 0 Å². The van der Waals surface area contributed by atoms with Crippen LogP contribution in [0.1, 0.15) is 0 Å². The van der Waals surface area contributed by atoms with E-state index in [9.17, 15) is 4.39 Å². The van der Waals surface area contributed by atoms with E-state index < -0.39 is 0 Å². The Morgan fingerprint density at radius 1 is 1.44 bits per heavy atom. The van der Waals surface area contributed by atoms with Crippen molar-refractivity contribution in [2.24, 2.45) is 0 Å². The molecule has 0 aliphatic heterocycles. The Labute approximate surface area is 101 Å². The molecule has 16 heavy (non-hydrogen) atoms. The van der Waals surface area contributed by atoms with Crippen molar-refractivity contribution in [1.82, 2.24) is 9.78 Å². The summed E-state index contributed by atoms with van der Waals surface area (Å²) in [5.74, 6) is -0.106. The van der Waals surface area contributed by atoms with E-state index in [-0.39, 0.29) is 11.6 Å². The maximum atomic E-state index is 13.3. The topological polar surface area (TPSA) is 27.1 Å². The molecule has 0 atom stereocenters. The minimum atomic E-state index is -0.358. The number of aromatic nitrogens is 2. The summed E-state index contributed by atoms with van der Waals surface area (Å²) in [6.45, 7) is 0.980. The van der Waals surface area contributed by atoms with Crippen LogP contribution in [0.3, 0.4) is 0 Å². The van der Waals surface area contributed by atoms with Gasteiger partial charge in [-0.05, 0) is 24.3 Å². The van der Waals surface area contributed by atoms with Crippen LogP contribution in [0.4, 0.5) is 4.39 Å². The van der Waals surface area contributed by atoms with Crippen molar-refractivity contribution in [1.29, 1.82) is 0 Å². The fourth-order valence-electron chi connectivity index (χ4n) is 1.27. The second kappa shape index (κ2) is 5.12. The number of hydrogen-bond donors (Lipinski definition) is 0. The standard InChI is InChI=1S/C11H10BrFN2O/c12-9-2-3-10(13)11(8-9)16-7-6-15-5-1-4-14-15/h1-5,8H,6-7H2. The first-order valence-corrected chi connectivity index (χ1v) is 5.60. The molecule has 0 fully saturated rings. The normalized spacial score (nSPS) is 10.4. The quantitative estimate of drug-likeness (QED) is 0.863. The van der Waals surface area contributed by atoms with Gasteiger partial charge in [0, 0.05) is 16.9 Å². The van der Waals surface area contributed by atoms with Gasteiger partial charge in [-0.25, -0.2) is 4.39 Å². The molecule has 2 aromatic rings. The third kappa shape index (κ3) is 2.82. The zero-order valence-electron chi connectivity index (χ0n) is 8.44. The average molecular weight is 285 g/mol. The van der Waals surface area contributed by atoms with Crippen molar-refractivity contribution in [3.8, 4) is 5.75 Å². The van der Waals surface area contributed by atoms with Gasteiger partial charge < -0.3 is 4.74 Å². The molecule has 0 aliphatic rings. The molecule has 0 aliphatic carbocycles. The Bertz CT molecular complexity index is 459. The summed E-state index contributed by atoms with van der Waals surface area (Å²) in [6, 6.07) is 6.45. The Balaban J connectivity index is 1.92. The third-order valence-electron chi connectivity index (χ3n) is 2.03. The predicted octanol–water partition coefficient (Wildman–Crippen LogP) is 2.86. The van der Waals surface area contributed by atoms with Crippen molar-refractivity contribution in [3.05, 3.63) is 46.9 Å². The van der Waals surface area contributed by atoms with Crippen molar-refractivity contribution < 1.29 is 9.13 Å². The van der Waals surface area contributed by atoms with Crippen LogP contribution in [0.15, 0.2) is 41.1 Å². The first-order valence-electron chi connectivity index (χ1n) is 4.81. The molecule has 0 radical (unpaired) electrons. The molecule has 0 bridgehead atoms. The van der Waals surface area contributed by atoms with E-state index in [0.717, 1.165) is 4.47 Å². The zero-order chi connectivity index (χ0) is 11.4. The van der Waals surface area contributed by atoms with Gasteiger partial charge in [-0.1, -0.05) is 15.9 Å². The van der Waals surface area contributed by atoms with Crippen LogP contribution in [0.25, 0.3) is 0 Å². The first-order chi connectivity index (χ1) is 7.75. The predicted molar refractivity (Wildman–Crippen MR) is 61.8 cm³/mol. The minimum absolute atomic E-state index is 0.251. The van der Waals surface area contributed by atoms with E-state index >= 15 is 0 Å². The molecule has 3 nitrogen and oxygen atoms in total. The van der Waals surface area contributed by atoms with Gasteiger partial charge in [0.05, 0.1) is 6.54 Å². The molecular formula is C11H10BrFN2O. The van der Waals surface area contributed by atoms with Gasteiger partial charge >= 0.3 is 0 Å². The van der Waals surface area contributed by atoms with Crippen molar-refractivity contribution in [3.63, 3.8) is 0 Å². The van der Waals surface area contributed by atoms with E-state index in [1.807, 2.05) is 12.3 Å². The molecule has 1 aromatic heterocycles. The van der Waals surface area contributed by atoms with E-state index in [2.05, 4.69) is 21.0 Å². The van der Waals surface area contributed by atoms with Crippen LogP contribution in [0, 0.1) is 5.82 Å². The van der Waals surface area contributed by atoms with E-state index in [4.69, 9.17) is 4.74 Å². The Morgan fingerprint density at radius 2 is 2.31 bits per heavy atom. The van der Waals surface area contributed by atoms with Gasteiger partial charge in [0.25, 0.3) is 0 Å². The molecule has 1 aromatic carbocycles. The second-order valence-corrected chi connectivity index (χ2v) is 4.11. The maximum absolute atomic E-state index is 13.3. The number of hydrogen-bond acceptors (Lipinski definition) is 2. The summed E-state index contributed by atoms with van der Waals surface area (Å²) in [6.07, 6.45) is 3.53. The molecule has 0 amide bonds. The van der Waals surface area contributed by atoms with Gasteiger partial charge in [0.15, 0.2) is 11.6 Å². The molecule has 0 unspecified atom stereocenters. The van der Waals surface area contributed by atoms with Crippen LogP contribution >= 0.6 is 15.9 Å². The van der Waals surface area contributed by atoms with E-state index in [0.29, 0.717) is 13.2 Å². The largest absolute Gasteiger partial charge is 0.489 e. The number of rotatable bonds is 4. The SMILES string of the molecule is Fc1ccc(Br)cc1OCCn1cccn1. The lowest BCUT2D eigenvalue weighted by atomic mass is 10.3. The molecule has 5 heteroatoms. The Hall–Kier alpha value is -1.36. The lowest BCUT2D eigenvalue weighted by molar-refractivity contribution is 0.278. The molecular weight excluding hydrogens is 275 g/mol. The zero-order valence-corrected chi connectivity index (χ0v) is 10.0. The molecule has 1 heterocycles. The fourth-order valence-corrected chi connectivity index (χ4v) is 1.61. The highest BCUT2D eigenvalue weighted by Crippen LogP contribution is 2.22. The lowest BCUT2D eigenvalue weighted by Gasteiger charge is -2.07. The van der Waals surface area contributed by atoms with Gasteiger partial charge in [0.1, 0.15) is 6.61 Å². The molecule has 84 valence electrons. The third-order valence-corrected chi connectivity index (χ3v) is 2.52. The monoisotopic (exact) mass is 284 g/mol. The molecule has 0 spiro atoms. The van der Waals surface area contributed by atoms with E-state index in [1.165, 1.54) is 6.07 Å². The lowest BCUT2D eigenvalue weighted by Crippen LogP contribution is -2.09. The Kier molecular flexibility index (Phi) is 3.56. The van der Waals surface area contributed by atoms with Gasteiger partial charge in [-0.3, -0.25) is 4.68 Å². The number of ether oxygens (including phenoxy) is 1. The highest BCUT2D eigenvalue weighted by molar-refractivity contribution is 9.10. The maximum Gasteiger partial charge on any atom is 0.165 e. The average Bonchev–Trinajstić information content (AvgIpc) is 2.76. The highest BCUT2D eigenvalue weighted by Gasteiger charge is 2.03. The van der Waals surface area contributed by atoms with Gasteiger partial charge in [-0.2, -0.15) is 5.10 Å². The van der Waals surface area contributed by atoms with Crippen molar-refractivity contribution >= 4 is 15.9 Å². The highest BCUT2D eigenvalue weighted by atomic mass is 79.9. The molecule has 0 saturated carbocycles. The molecule has 0 N–H and O–H groups in total. The summed E-state index contributed by atoms with van der Waals surface area (Å²) in [4.78, 5) is 0. The van der Waals surface area contributed by atoms with Crippen LogP contribution in [0.5, 0.6) is 5.75 Å². The molecule has 0 saturated heterocycles. The summed E-state index contributed by atoms with van der Waals surface area (Å²) >= 11 is 3.26. The number of halogens is 2. The summed E-state index contributed by atoms with van der Waals surface area (Å²) in [7, 11) is 0. The van der Waals surface area contributed by atoms with Crippen LogP contribution in [-0.4, -0.2) is 16.4 Å². The van der Waals surface area contributed by atoms with Crippen LogP contribution < -0.4 is 4.74 Å². The summed E-state index contributed by atoms with van der Waals surface area (Å²) in [5, 5.41) is 4.02. The van der Waals surface area contributed by atoms with Gasteiger partial charge in [0.2, 0.25) is 0 Å². The van der Waals surface area contributed by atoms with Crippen LogP contribution in [0.2, 0.25) is 0 Å². The molecule has 2 rings (SSSR count). The fraction of sp³-hybridized carbons (Fsp3) is 0.182. The smallest absolute Gasteiger partial charge is 0.165 e. The summed E-state index contributed by atoms with van der Waals surface area (Å²) < 4.78 is 21.1. The van der Waals surface area contributed by atoms with Crippen LogP contribution in [-0.2, 0) is 6.54 Å². The number of benzene rings is 1. The Morgan fingerprint density at radius 3 is 3.06 bits per heavy atom. The first kappa shape index (κ1) is 11.1. The van der Waals surface area contributed by atoms with E-state index in [1.54, 1.807) is 23.0 Å². The summed E-state index contributed by atoms with van der Waals surface area (Å²) in [5.41, 5.74) is 0.